The van der Waals surface area contributed by atoms with Gasteiger partial charge in [0, 0.05) is 21.5 Å². The largest absolute Gasteiger partial charge is 0.294 e. The fraction of sp³-hybridized carbons (Fsp3) is 0.0714. The lowest BCUT2D eigenvalue weighted by Gasteiger charge is -2.05. The van der Waals surface area contributed by atoms with Gasteiger partial charge in [-0.3, -0.25) is 4.79 Å². The number of carbonyl (C=O) groups is 1. The molecule has 0 bridgehead atoms. The summed E-state index contributed by atoms with van der Waals surface area (Å²) in [6, 6.07) is 9.02. The van der Waals surface area contributed by atoms with E-state index in [1.54, 1.807) is 18.2 Å². The molecule has 1 nitrogen and oxygen atoms in total. The summed E-state index contributed by atoms with van der Waals surface area (Å²) in [6.07, 6.45) is -0.0512. The Kier molecular flexibility index (Phi) is 4.61. The molecule has 0 aliphatic carbocycles. The summed E-state index contributed by atoms with van der Waals surface area (Å²) in [5, 5.41) is 0.843. The minimum atomic E-state index is -0.444. The zero-order chi connectivity index (χ0) is 14.0. The zero-order valence-electron chi connectivity index (χ0n) is 9.59. The third-order valence-corrected chi connectivity index (χ3v) is 4.07. The average Bonchev–Trinajstić information content (AvgIpc) is 2.37. The fourth-order valence-corrected chi connectivity index (χ4v) is 2.25. The molecule has 2 rings (SSSR count). The lowest BCUT2D eigenvalue weighted by molar-refractivity contribution is 0.0992. The van der Waals surface area contributed by atoms with E-state index in [1.807, 2.05) is 0 Å². The molecule has 0 aliphatic rings. The van der Waals surface area contributed by atoms with Crippen molar-refractivity contribution in [1.82, 2.24) is 0 Å². The third-order valence-electron chi connectivity index (χ3n) is 2.60. The second kappa shape index (κ2) is 6.04. The maximum absolute atomic E-state index is 13.5. The van der Waals surface area contributed by atoms with E-state index in [9.17, 15) is 9.18 Å². The Morgan fingerprint density at radius 1 is 1.16 bits per heavy atom. The van der Waals surface area contributed by atoms with Gasteiger partial charge in [-0.15, -0.1) is 0 Å². The molecule has 98 valence electrons. The monoisotopic (exact) mass is 360 g/mol. The van der Waals surface area contributed by atoms with Crippen molar-refractivity contribution < 1.29 is 9.18 Å². The summed E-state index contributed by atoms with van der Waals surface area (Å²) in [5.74, 6) is -0.656. The molecule has 19 heavy (non-hydrogen) atoms. The molecule has 0 heterocycles. The van der Waals surface area contributed by atoms with Gasteiger partial charge in [0.15, 0.2) is 5.78 Å². The van der Waals surface area contributed by atoms with Gasteiger partial charge < -0.3 is 0 Å². The van der Waals surface area contributed by atoms with Crippen LogP contribution in [0.3, 0.4) is 0 Å². The van der Waals surface area contributed by atoms with E-state index in [0.717, 1.165) is 0 Å². The van der Waals surface area contributed by atoms with Gasteiger partial charge in [-0.05, 0) is 51.8 Å². The maximum Gasteiger partial charge on any atom is 0.167 e. The van der Waals surface area contributed by atoms with E-state index < -0.39 is 5.82 Å². The van der Waals surface area contributed by atoms with E-state index in [-0.39, 0.29) is 17.8 Å². The van der Waals surface area contributed by atoms with Crippen LogP contribution in [0.4, 0.5) is 4.39 Å². The SMILES string of the molecule is O=C(Cc1cc(Cl)ccc1F)c1ccc(Br)c(Cl)c1. The molecule has 0 saturated carbocycles. The highest BCUT2D eigenvalue weighted by atomic mass is 79.9. The van der Waals surface area contributed by atoms with Gasteiger partial charge in [0.1, 0.15) is 5.82 Å². The number of hydrogen-bond donors (Lipinski definition) is 0. The zero-order valence-corrected chi connectivity index (χ0v) is 12.7. The van der Waals surface area contributed by atoms with Crippen LogP contribution in [0.5, 0.6) is 0 Å². The molecule has 0 N–H and O–H groups in total. The fourth-order valence-electron chi connectivity index (χ4n) is 1.62. The van der Waals surface area contributed by atoms with E-state index in [1.165, 1.54) is 18.2 Å². The first kappa shape index (κ1) is 14.5. The Labute approximate surface area is 128 Å². The number of ketones is 1. The van der Waals surface area contributed by atoms with Crippen LogP contribution >= 0.6 is 39.1 Å². The minimum Gasteiger partial charge on any atom is -0.294 e. The van der Waals surface area contributed by atoms with Gasteiger partial charge in [0.2, 0.25) is 0 Å². The molecule has 0 saturated heterocycles. The van der Waals surface area contributed by atoms with Crippen LogP contribution in [-0.2, 0) is 6.42 Å². The number of halogens is 4. The average molecular weight is 362 g/mol. The van der Waals surface area contributed by atoms with E-state index >= 15 is 0 Å². The molecule has 0 atom stereocenters. The molecule has 0 spiro atoms. The van der Waals surface area contributed by atoms with E-state index in [2.05, 4.69) is 15.9 Å². The van der Waals surface area contributed by atoms with Crippen LogP contribution in [0.2, 0.25) is 10.0 Å². The Morgan fingerprint density at radius 3 is 2.58 bits per heavy atom. The van der Waals surface area contributed by atoms with Crippen molar-refractivity contribution in [1.29, 1.82) is 0 Å². The first-order valence-electron chi connectivity index (χ1n) is 5.39. The number of Topliss-reactive ketones (excluding diaryl/α,β-unsaturated/α-hetero) is 1. The third kappa shape index (κ3) is 3.56. The van der Waals surface area contributed by atoms with Crippen molar-refractivity contribution in [2.24, 2.45) is 0 Å². The standard InChI is InChI=1S/C14H8BrCl2FO/c15-11-3-1-8(6-12(11)17)14(19)7-9-5-10(16)2-4-13(9)18/h1-6H,7H2. The predicted octanol–water partition coefficient (Wildman–Crippen LogP) is 5.32. The molecule has 2 aromatic carbocycles. The summed E-state index contributed by atoms with van der Waals surface area (Å²) in [6.45, 7) is 0. The first-order chi connectivity index (χ1) is 8.97. The van der Waals surface area contributed by atoms with Crippen molar-refractivity contribution in [2.45, 2.75) is 6.42 Å². The molecule has 2 aromatic rings. The van der Waals surface area contributed by atoms with Crippen molar-refractivity contribution in [3.05, 3.63) is 67.9 Å². The van der Waals surface area contributed by atoms with Crippen molar-refractivity contribution in [3.63, 3.8) is 0 Å². The summed E-state index contributed by atoms with van der Waals surface area (Å²) >= 11 is 15.0. The molecule has 0 aromatic heterocycles. The number of rotatable bonds is 3. The molecule has 0 aliphatic heterocycles. The van der Waals surface area contributed by atoms with Crippen molar-refractivity contribution >= 4 is 44.9 Å². The van der Waals surface area contributed by atoms with Crippen LogP contribution < -0.4 is 0 Å². The smallest absolute Gasteiger partial charge is 0.167 e. The molecule has 0 fully saturated rings. The number of hydrogen-bond acceptors (Lipinski definition) is 1. The van der Waals surface area contributed by atoms with E-state index in [0.29, 0.717) is 20.1 Å². The number of carbonyl (C=O) groups excluding carboxylic acids is 1. The topological polar surface area (TPSA) is 17.1 Å². The highest BCUT2D eigenvalue weighted by molar-refractivity contribution is 9.10. The summed E-state index contributed by atoms with van der Waals surface area (Å²) in [7, 11) is 0. The van der Waals surface area contributed by atoms with Gasteiger partial charge >= 0.3 is 0 Å². The van der Waals surface area contributed by atoms with Gasteiger partial charge in [-0.1, -0.05) is 29.3 Å². The summed E-state index contributed by atoms with van der Waals surface area (Å²) in [5.41, 5.74) is 0.712. The summed E-state index contributed by atoms with van der Waals surface area (Å²) in [4.78, 5) is 12.1. The first-order valence-corrected chi connectivity index (χ1v) is 6.94. The van der Waals surface area contributed by atoms with Crippen LogP contribution in [0.15, 0.2) is 40.9 Å². The molecule has 0 radical (unpaired) electrons. The minimum absolute atomic E-state index is 0.0512. The second-order valence-corrected chi connectivity index (χ2v) is 5.66. The Morgan fingerprint density at radius 2 is 1.89 bits per heavy atom. The van der Waals surface area contributed by atoms with Crippen molar-refractivity contribution in [2.75, 3.05) is 0 Å². The number of benzene rings is 2. The van der Waals surface area contributed by atoms with Gasteiger partial charge in [0.25, 0.3) is 0 Å². The summed E-state index contributed by atoms with van der Waals surface area (Å²) < 4.78 is 14.3. The highest BCUT2D eigenvalue weighted by Crippen LogP contribution is 2.24. The van der Waals surface area contributed by atoms with Gasteiger partial charge in [-0.25, -0.2) is 4.39 Å². The lowest BCUT2D eigenvalue weighted by Crippen LogP contribution is -2.05. The highest BCUT2D eigenvalue weighted by Gasteiger charge is 2.12. The van der Waals surface area contributed by atoms with E-state index in [4.69, 9.17) is 23.2 Å². The normalized spacial score (nSPS) is 10.5. The van der Waals surface area contributed by atoms with Crippen molar-refractivity contribution in [3.8, 4) is 0 Å². The quantitative estimate of drug-likeness (QED) is 0.676. The molecule has 0 amide bonds. The van der Waals surface area contributed by atoms with Gasteiger partial charge in [0.05, 0.1) is 5.02 Å². The molecular weight excluding hydrogens is 354 g/mol. The molecule has 0 unspecified atom stereocenters. The Hall–Kier alpha value is -0.900. The molecule has 5 heteroatoms. The van der Waals surface area contributed by atoms with Crippen LogP contribution in [0.25, 0.3) is 0 Å². The Bertz CT molecular complexity index is 643. The van der Waals surface area contributed by atoms with Crippen LogP contribution in [0, 0.1) is 5.82 Å². The second-order valence-electron chi connectivity index (χ2n) is 3.96. The lowest BCUT2D eigenvalue weighted by atomic mass is 10.0. The van der Waals surface area contributed by atoms with Gasteiger partial charge in [-0.2, -0.15) is 0 Å². The predicted molar refractivity (Wildman–Crippen MR) is 78.6 cm³/mol. The molecular formula is C14H8BrCl2FO. The van der Waals surface area contributed by atoms with Crippen LogP contribution in [0.1, 0.15) is 15.9 Å². The Balaban J connectivity index is 2.25. The maximum atomic E-state index is 13.5. The van der Waals surface area contributed by atoms with Crippen LogP contribution in [-0.4, -0.2) is 5.78 Å².